The fourth-order valence-electron chi connectivity index (χ4n) is 2.73. The Bertz CT molecular complexity index is 637. The van der Waals surface area contributed by atoms with Gasteiger partial charge in [0, 0.05) is 41.2 Å². The Morgan fingerprint density at radius 2 is 2.12 bits per heavy atom. The van der Waals surface area contributed by atoms with Gasteiger partial charge in [-0.2, -0.15) is 0 Å². The van der Waals surface area contributed by atoms with E-state index in [4.69, 9.17) is 0 Å². The van der Waals surface area contributed by atoms with Gasteiger partial charge in [-0.1, -0.05) is 0 Å². The van der Waals surface area contributed by atoms with Crippen LogP contribution in [-0.4, -0.2) is 16.6 Å². The summed E-state index contributed by atoms with van der Waals surface area (Å²) in [6, 6.07) is 5.54. The monoisotopic (exact) mass is 227 g/mol. The Kier molecular flexibility index (Phi) is 2.15. The first kappa shape index (κ1) is 10.3. The van der Waals surface area contributed by atoms with Crippen molar-refractivity contribution < 1.29 is 9.59 Å². The molecular formula is C14H13NO2. The van der Waals surface area contributed by atoms with Crippen LogP contribution in [0.1, 0.15) is 39.3 Å². The average Bonchev–Trinajstić information content (AvgIpc) is 2.64. The van der Waals surface area contributed by atoms with Crippen molar-refractivity contribution in [3.8, 4) is 0 Å². The summed E-state index contributed by atoms with van der Waals surface area (Å²) in [6.07, 6.45) is 3.32. The highest BCUT2D eigenvalue weighted by Crippen LogP contribution is 2.31. The zero-order valence-corrected chi connectivity index (χ0v) is 9.69. The number of Topliss-reactive ketones (excluding diaryl/α,β-unsaturated/α-hetero) is 1. The van der Waals surface area contributed by atoms with Crippen LogP contribution in [-0.2, 0) is 13.5 Å². The molecule has 0 aliphatic heterocycles. The van der Waals surface area contributed by atoms with Gasteiger partial charge < -0.3 is 4.57 Å². The Balaban J connectivity index is 2.41. The fourth-order valence-corrected chi connectivity index (χ4v) is 2.73. The van der Waals surface area contributed by atoms with Gasteiger partial charge in [0.05, 0.1) is 0 Å². The van der Waals surface area contributed by atoms with Crippen molar-refractivity contribution in [3.63, 3.8) is 0 Å². The number of benzene rings is 1. The molecule has 0 bridgehead atoms. The summed E-state index contributed by atoms with van der Waals surface area (Å²) in [5.41, 5.74) is 3.61. The van der Waals surface area contributed by atoms with Crippen LogP contribution in [0.15, 0.2) is 18.2 Å². The lowest BCUT2D eigenvalue weighted by atomic mass is 9.94. The predicted molar refractivity (Wildman–Crippen MR) is 65.6 cm³/mol. The lowest BCUT2D eigenvalue weighted by Gasteiger charge is -2.12. The summed E-state index contributed by atoms with van der Waals surface area (Å²) >= 11 is 0. The lowest BCUT2D eigenvalue weighted by molar-refractivity contribution is 0.0973. The number of carbonyl (C=O) groups is 2. The molecule has 1 heterocycles. The molecule has 1 aliphatic carbocycles. The summed E-state index contributed by atoms with van der Waals surface area (Å²) in [4.78, 5) is 22.8. The second kappa shape index (κ2) is 3.55. The van der Waals surface area contributed by atoms with E-state index in [9.17, 15) is 9.59 Å². The number of nitrogens with zero attached hydrogens (tertiary/aromatic N) is 1. The lowest BCUT2D eigenvalue weighted by Crippen LogP contribution is -2.11. The zero-order chi connectivity index (χ0) is 12.0. The molecule has 1 aromatic heterocycles. The molecule has 3 heteroatoms. The minimum absolute atomic E-state index is 0.208. The number of aromatic nitrogens is 1. The first-order valence-electron chi connectivity index (χ1n) is 5.82. The molecule has 0 unspecified atom stereocenters. The number of aldehydes is 1. The van der Waals surface area contributed by atoms with E-state index in [0.717, 1.165) is 41.3 Å². The van der Waals surface area contributed by atoms with Crippen molar-refractivity contribution in [2.75, 3.05) is 0 Å². The second-order valence-corrected chi connectivity index (χ2v) is 4.55. The van der Waals surface area contributed by atoms with Crippen LogP contribution in [0.5, 0.6) is 0 Å². The van der Waals surface area contributed by atoms with Crippen LogP contribution < -0.4 is 0 Å². The highest BCUT2D eigenvalue weighted by molar-refractivity contribution is 6.11. The molecule has 2 aromatic rings. The molecule has 0 saturated carbocycles. The summed E-state index contributed by atoms with van der Waals surface area (Å²) in [6.45, 7) is 0. The van der Waals surface area contributed by atoms with Gasteiger partial charge in [0.15, 0.2) is 5.78 Å². The average molecular weight is 227 g/mol. The third-order valence-electron chi connectivity index (χ3n) is 3.58. The molecule has 17 heavy (non-hydrogen) atoms. The Labute approximate surface area is 99.0 Å². The Morgan fingerprint density at radius 1 is 1.29 bits per heavy atom. The van der Waals surface area contributed by atoms with Crippen LogP contribution in [0.4, 0.5) is 0 Å². The molecule has 0 amide bonds. The summed E-state index contributed by atoms with van der Waals surface area (Å²) in [7, 11) is 1.99. The third-order valence-corrected chi connectivity index (χ3v) is 3.58. The van der Waals surface area contributed by atoms with E-state index < -0.39 is 0 Å². The van der Waals surface area contributed by atoms with Gasteiger partial charge in [0.1, 0.15) is 6.29 Å². The number of carbonyl (C=O) groups excluding carboxylic acids is 2. The normalized spacial score (nSPS) is 15.0. The van der Waals surface area contributed by atoms with E-state index in [1.165, 1.54) is 0 Å². The number of hydrogen-bond acceptors (Lipinski definition) is 2. The molecule has 0 spiro atoms. The summed E-state index contributed by atoms with van der Waals surface area (Å²) in [5, 5.41) is 0.928. The largest absolute Gasteiger partial charge is 0.347 e. The van der Waals surface area contributed by atoms with Crippen LogP contribution in [0.2, 0.25) is 0 Å². The van der Waals surface area contributed by atoms with Gasteiger partial charge in [-0.05, 0) is 31.0 Å². The van der Waals surface area contributed by atoms with E-state index >= 15 is 0 Å². The number of fused-ring (bicyclic) bond motifs is 3. The SMILES string of the molecule is Cn1c2c(c3cc(C=O)ccc31)C(=O)CCC2. The number of ketones is 1. The quantitative estimate of drug-likeness (QED) is 0.702. The summed E-state index contributed by atoms with van der Waals surface area (Å²) in [5.74, 6) is 0.208. The molecule has 1 aliphatic rings. The second-order valence-electron chi connectivity index (χ2n) is 4.55. The van der Waals surface area contributed by atoms with Crippen molar-refractivity contribution >= 4 is 23.0 Å². The first-order valence-corrected chi connectivity index (χ1v) is 5.82. The van der Waals surface area contributed by atoms with Gasteiger partial charge in [-0.25, -0.2) is 0 Å². The van der Waals surface area contributed by atoms with Crippen molar-refractivity contribution in [1.82, 2.24) is 4.57 Å². The van der Waals surface area contributed by atoms with E-state index in [1.807, 2.05) is 19.2 Å². The molecule has 0 saturated heterocycles. The molecular weight excluding hydrogens is 214 g/mol. The molecule has 1 aromatic carbocycles. The number of rotatable bonds is 1. The van der Waals surface area contributed by atoms with Crippen molar-refractivity contribution in [1.29, 1.82) is 0 Å². The minimum atomic E-state index is 0.208. The van der Waals surface area contributed by atoms with Crippen LogP contribution in [0, 0.1) is 0 Å². The highest BCUT2D eigenvalue weighted by atomic mass is 16.1. The number of hydrogen-bond donors (Lipinski definition) is 0. The van der Waals surface area contributed by atoms with Crippen LogP contribution in [0.3, 0.4) is 0 Å². The van der Waals surface area contributed by atoms with E-state index in [2.05, 4.69) is 4.57 Å². The van der Waals surface area contributed by atoms with Crippen LogP contribution >= 0.6 is 0 Å². The zero-order valence-electron chi connectivity index (χ0n) is 9.69. The van der Waals surface area contributed by atoms with Gasteiger partial charge in [-0.3, -0.25) is 9.59 Å². The Hall–Kier alpha value is -1.90. The molecule has 3 rings (SSSR count). The summed E-state index contributed by atoms with van der Waals surface area (Å²) < 4.78 is 2.08. The van der Waals surface area contributed by atoms with Crippen molar-refractivity contribution in [2.24, 2.45) is 7.05 Å². The maximum atomic E-state index is 12.0. The molecule has 3 nitrogen and oxygen atoms in total. The third kappa shape index (κ3) is 1.35. The molecule has 0 radical (unpaired) electrons. The molecule has 0 N–H and O–H groups in total. The Morgan fingerprint density at radius 3 is 2.88 bits per heavy atom. The van der Waals surface area contributed by atoms with Crippen molar-refractivity contribution in [3.05, 3.63) is 35.0 Å². The van der Waals surface area contributed by atoms with Crippen molar-refractivity contribution in [2.45, 2.75) is 19.3 Å². The highest BCUT2D eigenvalue weighted by Gasteiger charge is 2.24. The van der Waals surface area contributed by atoms with Crippen LogP contribution in [0.25, 0.3) is 10.9 Å². The van der Waals surface area contributed by atoms with Gasteiger partial charge >= 0.3 is 0 Å². The van der Waals surface area contributed by atoms with E-state index in [0.29, 0.717) is 12.0 Å². The molecule has 86 valence electrons. The molecule has 0 atom stereocenters. The number of aryl methyl sites for hydroxylation is 1. The van der Waals surface area contributed by atoms with E-state index in [1.54, 1.807) is 6.07 Å². The topological polar surface area (TPSA) is 39.1 Å². The van der Waals surface area contributed by atoms with Gasteiger partial charge in [0.2, 0.25) is 0 Å². The predicted octanol–water partition coefficient (Wildman–Crippen LogP) is 2.51. The first-order chi connectivity index (χ1) is 8.22. The minimum Gasteiger partial charge on any atom is -0.347 e. The fraction of sp³-hybridized carbons (Fsp3) is 0.286. The van der Waals surface area contributed by atoms with E-state index in [-0.39, 0.29) is 5.78 Å². The maximum absolute atomic E-state index is 12.0. The molecule has 0 fully saturated rings. The van der Waals surface area contributed by atoms with Gasteiger partial charge in [-0.15, -0.1) is 0 Å². The smallest absolute Gasteiger partial charge is 0.165 e. The maximum Gasteiger partial charge on any atom is 0.165 e. The standard InChI is InChI=1S/C14H13NO2/c1-15-11-6-5-9(8-16)7-10(11)14-12(15)3-2-4-13(14)17/h5-8H,2-4H2,1H3. The van der Waals surface area contributed by atoms with Gasteiger partial charge in [0.25, 0.3) is 0 Å².